The van der Waals surface area contributed by atoms with Gasteiger partial charge in [-0.05, 0) is 24.3 Å². The molecule has 1 aromatic heterocycles. The molecule has 2 heterocycles. The minimum atomic E-state index is -0.203. The maximum absolute atomic E-state index is 12.2. The Morgan fingerprint density at radius 3 is 2.95 bits per heavy atom. The molecule has 2 aromatic rings. The summed E-state index contributed by atoms with van der Waals surface area (Å²) in [5.74, 6) is 0.353. The Hall–Kier alpha value is -1.82. The lowest BCUT2D eigenvalue weighted by Crippen LogP contribution is -2.18. The van der Waals surface area contributed by atoms with Gasteiger partial charge in [0, 0.05) is 23.1 Å². The van der Waals surface area contributed by atoms with Crippen molar-refractivity contribution in [2.24, 2.45) is 0 Å². The molecule has 98 valence electrons. The second-order valence-corrected chi connectivity index (χ2v) is 5.17. The molecule has 1 aliphatic heterocycles. The number of carbonyl (C=O) groups excluding carboxylic acids is 1. The van der Waals surface area contributed by atoms with Gasteiger partial charge in [0.2, 0.25) is 5.88 Å². The molecule has 5 nitrogen and oxygen atoms in total. The van der Waals surface area contributed by atoms with Crippen molar-refractivity contribution in [2.75, 3.05) is 11.9 Å². The van der Waals surface area contributed by atoms with Crippen molar-refractivity contribution in [3.63, 3.8) is 0 Å². The number of aromatic nitrogens is 2. The van der Waals surface area contributed by atoms with E-state index in [1.54, 1.807) is 10.9 Å². The summed E-state index contributed by atoms with van der Waals surface area (Å²) in [5.41, 5.74) is 1.21. The second kappa shape index (κ2) is 5.05. The molecule has 0 atom stereocenters. The van der Waals surface area contributed by atoms with Crippen LogP contribution in [0.1, 0.15) is 16.8 Å². The van der Waals surface area contributed by atoms with Gasteiger partial charge in [0.1, 0.15) is 5.56 Å². The van der Waals surface area contributed by atoms with E-state index in [1.165, 1.54) is 0 Å². The largest absolute Gasteiger partial charge is 0.477 e. The van der Waals surface area contributed by atoms with Crippen LogP contribution in [0.25, 0.3) is 0 Å². The highest BCUT2D eigenvalue weighted by Crippen LogP contribution is 2.23. The zero-order valence-electron chi connectivity index (χ0n) is 10.1. The predicted octanol–water partition coefficient (Wildman–Crippen LogP) is 2.68. The summed E-state index contributed by atoms with van der Waals surface area (Å²) in [6, 6.07) is 7.41. The summed E-state index contributed by atoms with van der Waals surface area (Å²) < 4.78 is 8.20. The number of amides is 1. The number of hydrogen-bond donors (Lipinski definition) is 1. The Labute approximate surface area is 118 Å². The van der Waals surface area contributed by atoms with E-state index >= 15 is 0 Å². The number of nitrogens with one attached hydrogen (secondary N) is 1. The molecule has 1 aromatic carbocycles. The molecular weight excluding hydrogens is 310 g/mol. The van der Waals surface area contributed by atoms with Crippen molar-refractivity contribution >= 4 is 27.5 Å². The third-order valence-electron chi connectivity index (χ3n) is 2.89. The molecule has 3 rings (SSSR count). The van der Waals surface area contributed by atoms with Gasteiger partial charge >= 0.3 is 0 Å². The zero-order chi connectivity index (χ0) is 13.2. The zero-order valence-corrected chi connectivity index (χ0v) is 11.7. The average molecular weight is 322 g/mol. The number of ether oxygens (including phenoxy) is 1. The normalized spacial score (nSPS) is 13.5. The van der Waals surface area contributed by atoms with Gasteiger partial charge in [-0.3, -0.25) is 4.79 Å². The maximum atomic E-state index is 12.2. The minimum absolute atomic E-state index is 0.203. The Bertz CT molecular complexity index is 607. The van der Waals surface area contributed by atoms with E-state index in [0.717, 1.165) is 23.1 Å². The van der Waals surface area contributed by atoms with Gasteiger partial charge in [-0.15, -0.1) is 0 Å². The summed E-state index contributed by atoms with van der Waals surface area (Å²) in [6.07, 6.45) is 2.47. The third-order valence-corrected chi connectivity index (χ3v) is 3.42. The molecule has 0 aliphatic carbocycles. The van der Waals surface area contributed by atoms with Crippen LogP contribution < -0.4 is 10.1 Å². The van der Waals surface area contributed by atoms with E-state index in [4.69, 9.17) is 4.74 Å². The van der Waals surface area contributed by atoms with Gasteiger partial charge in [-0.25, -0.2) is 4.68 Å². The maximum Gasteiger partial charge on any atom is 0.262 e. The molecule has 0 radical (unpaired) electrons. The van der Waals surface area contributed by atoms with Gasteiger partial charge in [-0.1, -0.05) is 15.9 Å². The molecule has 1 amide bonds. The average Bonchev–Trinajstić information content (AvgIpc) is 2.85. The van der Waals surface area contributed by atoms with E-state index < -0.39 is 0 Å². The van der Waals surface area contributed by atoms with E-state index in [2.05, 4.69) is 26.3 Å². The molecule has 0 unspecified atom stereocenters. The topological polar surface area (TPSA) is 56.2 Å². The van der Waals surface area contributed by atoms with Crippen LogP contribution >= 0.6 is 15.9 Å². The Kier molecular flexibility index (Phi) is 3.25. The molecule has 0 bridgehead atoms. The highest BCUT2D eigenvalue weighted by Gasteiger charge is 2.21. The number of rotatable bonds is 2. The molecule has 1 N–H and O–H groups in total. The SMILES string of the molecule is O=C(Nc1ccc(Br)cc1)c1cnn2c1OCCC2. The predicted molar refractivity (Wildman–Crippen MR) is 74.4 cm³/mol. The van der Waals surface area contributed by atoms with Crippen LogP contribution in [0.4, 0.5) is 5.69 Å². The first-order valence-electron chi connectivity index (χ1n) is 5.99. The number of hydrogen-bond acceptors (Lipinski definition) is 3. The smallest absolute Gasteiger partial charge is 0.262 e. The second-order valence-electron chi connectivity index (χ2n) is 4.25. The number of anilines is 1. The van der Waals surface area contributed by atoms with Gasteiger partial charge in [0.05, 0.1) is 12.8 Å². The molecule has 19 heavy (non-hydrogen) atoms. The highest BCUT2D eigenvalue weighted by atomic mass is 79.9. The first kappa shape index (κ1) is 12.2. The van der Waals surface area contributed by atoms with Crippen LogP contribution in [0.2, 0.25) is 0 Å². The van der Waals surface area contributed by atoms with Crippen LogP contribution in [0.15, 0.2) is 34.9 Å². The van der Waals surface area contributed by atoms with E-state index in [9.17, 15) is 4.79 Å². The fraction of sp³-hybridized carbons (Fsp3) is 0.231. The molecule has 1 aliphatic rings. The Balaban J connectivity index is 1.80. The minimum Gasteiger partial charge on any atom is -0.477 e. The molecule has 0 fully saturated rings. The van der Waals surface area contributed by atoms with E-state index in [1.807, 2.05) is 24.3 Å². The fourth-order valence-electron chi connectivity index (χ4n) is 1.96. The van der Waals surface area contributed by atoms with E-state index in [0.29, 0.717) is 18.1 Å². The first-order valence-corrected chi connectivity index (χ1v) is 6.79. The lowest BCUT2D eigenvalue weighted by molar-refractivity contribution is 0.102. The molecule has 0 saturated carbocycles. The van der Waals surface area contributed by atoms with Crippen LogP contribution in [0.5, 0.6) is 5.88 Å². The van der Waals surface area contributed by atoms with Crippen LogP contribution in [0, 0.1) is 0 Å². The third kappa shape index (κ3) is 2.49. The highest BCUT2D eigenvalue weighted by molar-refractivity contribution is 9.10. The summed E-state index contributed by atoms with van der Waals surface area (Å²) >= 11 is 3.35. The number of fused-ring (bicyclic) bond motifs is 1. The van der Waals surface area contributed by atoms with Crippen molar-refractivity contribution in [3.8, 4) is 5.88 Å². The standard InChI is InChI=1S/C13H12BrN3O2/c14-9-2-4-10(5-3-9)16-12(18)11-8-15-17-6-1-7-19-13(11)17/h2-5,8H,1,6-7H2,(H,16,18). The van der Waals surface area contributed by atoms with Crippen LogP contribution in [-0.2, 0) is 6.54 Å². The van der Waals surface area contributed by atoms with Crippen LogP contribution in [-0.4, -0.2) is 22.3 Å². The first-order chi connectivity index (χ1) is 9.24. The number of aryl methyl sites for hydroxylation is 1. The van der Waals surface area contributed by atoms with E-state index in [-0.39, 0.29) is 5.91 Å². The van der Waals surface area contributed by atoms with Gasteiger partial charge in [0.15, 0.2) is 0 Å². The molecule has 0 saturated heterocycles. The number of benzene rings is 1. The van der Waals surface area contributed by atoms with Crippen molar-refractivity contribution < 1.29 is 9.53 Å². The monoisotopic (exact) mass is 321 g/mol. The summed E-state index contributed by atoms with van der Waals surface area (Å²) in [4.78, 5) is 12.2. The lowest BCUT2D eigenvalue weighted by Gasteiger charge is -2.15. The van der Waals surface area contributed by atoms with Gasteiger partial charge in [-0.2, -0.15) is 5.10 Å². The number of carbonyl (C=O) groups is 1. The summed E-state index contributed by atoms with van der Waals surface area (Å²) in [5, 5.41) is 6.99. The van der Waals surface area contributed by atoms with Crippen molar-refractivity contribution in [3.05, 3.63) is 40.5 Å². The quantitative estimate of drug-likeness (QED) is 0.925. The summed E-state index contributed by atoms with van der Waals surface area (Å²) in [6.45, 7) is 1.42. The molecule has 0 spiro atoms. The lowest BCUT2D eigenvalue weighted by atomic mass is 10.2. The Morgan fingerprint density at radius 1 is 1.37 bits per heavy atom. The van der Waals surface area contributed by atoms with Gasteiger partial charge < -0.3 is 10.1 Å². The van der Waals surface area contributed by atoms with Crippen LogP contribution in [0.3, 0.4) is 0 Å². The number of nitrogens with zero attached hydrogens (tertiary/aromatic N) is 2. The molecule has 6 heteroatoms. The van der Waals surface area contributed by atoms with Gasteiger partial charge in [0.25, 0.3) is 5.91 Å². The van der Waals surface area contributed by atoms with Crippen molar-refractivity contribution in [1.29, 1.82) is 0 Å². The van der Waals surface area contributed by atoms with Crippen molar-refractivity contribution in [2.45, 2.75) is 13.0 Å². The number of halogens is 1. The molecular formula is C13H12BrN3O2. The fourth-order valence-corrected chi connectivity index (χ4v) is 2.22. The Morgan fingerprint density at radius 2 is 2.16 bits per heavy atom. The van der Waals surface area contributed by atoms with Crippen molar-refractivity contribution in [1.82, 2.24) is 9.78 Å². The summed E-state index contributed by atoms with van der Waals surface area (Å²) in [7, 11) is 0.